The summed E-state index contributed by atoms with van der Waals surface area (Å²) in [6.45, 7) is 5.66. The first kappa shape index (κ1) is 23.6. The highest BCUT2D eigenvalue weighted by Gasteiger charge is 2.30. The fourth-order valence-electron chi connectivity index (χ4n) is 4.59. The Bertz CT molecular complexity index is 1530. The fraction of sp³-hybridized carbons (Fsp3) is 0.214. The van der Waals surface area contributed by atoms with Crippen LogP contribution in [0.3, 0.4) is 0 Å². The van der Waals surface area contributed by atoms with Crippen LogP contribution in [-0.4, -0.2) is 36.6 Å². The van der Waals surface area contributed by atoms with E-state index in [2.05, 4.69) is 44.5 Å². The summed E-state index contributed by atoms with van der Waals surface area (Å²) in [7, 11) is 0. The molecule has 0 aliphatic carbocycles. The minimum Gasteiger partial charge on any atom is -0.321 e. The van der Waals surface area contributed by atoms with Crippen LogP contribution in [0, 0.1) is 12.7 Å². The molecular formula is C28H27FN6O. The second-order valence-corrected chi connectivity index (χ2v) is 8.87. The van der Waals surface area contributed by atoms with Crippen molar-refractivity contribution in [1.29, 1.82) is 0 Å². The molecule has 182 valence electrons. The first-order valence-corrected chi connectivity index (χ1v) is 11.9. The zero-order chi connectivity index (χ0) is 25.1. The van der Waals surface area contributed by atoms with Crippen LogP contribution >= 0.6 is 0 Å². The first-order chi connectivity index (χ1) is 17.5. The van der Waals surface area contributed by atoms with E-state index in [1.54, 1.807) is 16.8 Å². The molecule has 0 aliphatic rings. The van der Waals surface area contributed by atoms with Gasteiger partial charge in [0.1, 0.15) is 11.9 Å². The second-order valence-electron chi connectivity index (χ2n) is 8.87. The monoisotopic (exact) mass is 482 g/mol. The van der Waals surface area contributed by atoms with Crippen LogP contribution < -0.4 is 5.56 Å². The first-order valence-electron chi connectivity index (χ1n) is 11.9. The number of aryl methyl sites for hydroxylation is 1. The quantitative estimate of drug-likeness (QED) is 0.349. The molecule has 5 aromatic rings. The highest BCUT2D eigenvalue weighted by molar-refractivity contribution is 5.82. The van der Waals surface area contributed by atoms with Crippen molar-refractivity contribution >= 4 is 10.9 Å². The van der Waals surface area contributed by atoms with Crippen LogP contribution in [0.15, 0.2) is 83.7 Å². The number of para-hydroxylation sites is 1. The lowest BCUT2D eigenvalue weighted by molar-refractivity contribution is 0.214. The molecule has 3 aromatic carbocycles. The van der Waals surface area contributed by atoms with Gasteiger partial charge in [-0.15, -0.1) is 5.10 Å². The zero-order valence-corrected chi connectivity index (χ0v) is 20.2. The van der Waals surface area contributed by atoms with Gasteiger partial charge in [0.05, 0.1) is 12.1 Å². The van der Waals surface area contributed by atoms with Crippen molar-refractivity contribution in [1.82, 2.24) is 30.1 Å². The van der Waals surface area contributed by atoms with Gasteiger partial charge in [0.15, 0.2) is 5.82 Å². The summed E-state index contributed by atoms with van der Waals surface area (Å²) in [4.78, 5) is 18.8. The summed E-state index contributed by atoms with van der Waals surface area (Å²) >= 11 is 0. The lowest BCUT2D eigenvalue weighted by Gasteiger charge is -2.30. The standard InChI is InChI=1S/C28H27FN6O/c1-3-34(17-20-9-5-4-6-10-20)26(24-16-22-11-7-8-19(2)25(22)30-28(24)36)27-31-32-33-35(27)18-21-12-14-23(29)15-13-21/h4-16,26H,3,17-18H2,1-2H3,(H,30,36). The second kappa shape index (κ2) is 10.2. The predicted octanol–water partition coefficient (Wildman–Crippen LogP) is 4.62. The average molecular weight is 483 g/mol. The van der Waals surface area contributed by atoms with Crippen molar-refractivity contribution in [3.8, 4) is 0 Å². The van der Waals surface area contributed by atoms with E-state index in [4.69, 9.17) is 0 Å². The molecule has 0 aliphatic heterocycles. The molecule has 2 aromatic heterocycles. The van der Waals surface area contributed by atoms with Gasteiger partial charge < -0.3 is 4.98 Å². The molecule has 0 radical (unpaired) electrons. The van der Waals surface area contributed by atoms with Gasteiger partial charge in [-0.3, -0.25) is 9.69 Å². The third kappa shape index (κ3) is 4.81. The molecule has 0 amide bonds. The van der Waals surface area contributed by atoms with E-state index < -0.39 is 6.04 Å². The number of H-pyrrole nitrogens is 1. The number of aromatic amines is 1. The summed E-state index contributed by atoms with van der Waals surface area (Å²) in [6, 6.07) is 23.8. The van der Waals surface area contributed by atoms with Crippen LogP contribution in [-0.2, 0) is 13.1 Å². The van der Waals surface area contributed by atoms with E-state index >= 15 is 0 Å². The molecule has 7 nitrogen and oxygen atoms in total. The molecule has 0 bridgehead atoms. The van der Waals surface area contributed by atoms with Gasteiger partial charge in [0, 0.05) is 12.1 Å². The van der Waals surface area contributed by atoms with Crippen molar-refractivity contribution in [3.63, 3.8) is 0 Å². The van der Waals surface area contributed by atoms with Crippen molar-refractivity contribution in [3.05, 3.63) is 123 Å². The Hall–Kier alpha value is -4.17. The highest BCUT2D eigenvalue weighted by Crippen LogP contribution is 2.29. The summed E-state index contributed by atoms with van der Waals surface area (Å²) in [5, 5.41) is 13.5. The highest BCUT2D eigenvalue weighted by atomic mass is 19.1. The number of nitrogens with one attached hydrogen (secondary N) is 1. The summed E-state index contributed by atoms with van der Waals surface area (Å²) in [6.07, 6.45) is 0. The van der Waals surface area contributed by atoms with Crippen LogP contribution in [0.2, 0.25) is 0 Å². The normalized spacial score (nSPS) is 12.3. The molecule has 0 fully saturated rings. The number of rotatable bonds is 8. The molecular weight excluding hydrogens is 455 g/mol. The van der Waals surface area contributed by atoms with Crippen molar-refractivity contribution < 1.29 is 4.39 Å². The van der Waals surface area contributed by atoms with E-state index in [1.165, 1.54) is 12.1 Å². The number of nitrogens with zero attached hydrogens (tertiary/aromatic N) is 5. The number of benzene rings is 3. The lowest BCUT2D eigenvalue weighted by atomic mass is 10.0. The number of tetrazole rings is 1. The number of hydrogen-bond donors (Lipinski definition) is 1. The zero-order valence-electron chi connectivity index (χ0n) is 20.2. The summed E-state index contributed by atoms with van der Waals surface area (Å²) < 4.78 is 15.1. The Morgan fingerprint density at radius 2 is 1.78 bits per heavy atom. The van der Waals surface area contributed by atoms with Crippen molar-refractivity contribution in [2.24, 2.45) is 0 Å². The predicted molar refractivity (Wildman–Crippen MR) is 137 cm³/mol. The molecule has 1 atom stereocenters. The van der Waals surface area contributed by atoms with Crippen molar-refractivity contribution in [2.45, 2.75) is 33.0 Å². The number of pyridine rings is 1. The molecule has 8 heteroatoms. The van der Waals surface area contributed by atoms with Gasteiger partial charge in [0.25, 0.3) is 5.56 Å². The van der Waals surface area contributed by atoms with Gasteiger partial charge in [0.2, 0.25) is 0 Å². The maximum Gasteiger partial charge on any atom is 0.253 e. The summed E-state index contributed by atoms with van der Waals surface area (Å²) in [5.41, 5.74) is 4.20. The molecule has 2 heterocycles. The third-order valence-electron chi connectivity index (χ3n) is 6.46. The SMILES string of the molecule is CCN(Cc1ccccc1)C(c1cc2cccc(C)c2[nH]c1=O)c1nnnn1Cc1ccc(F)cc1. The number of halogens is 1. The average Bonchev–Trinajstić information content (AvgIpc) is 3.34. The Morgan fingerprint density at radius 3 is 2.53 bits per heavy atom. The Balaban J connectivity index is 1.64. The van der Waals surface area contributed by atoms with E-state index in [9.17, 15) is 9.18 Å². The summed E-state index contributed by atoms with van der Waals surface area (Å²) in [5.74, 6) is 0.251. The van der Waals surface area contributed by atoms with Crippen LogP contribution in [0.4, 0.5) is 4.39 Å². The van der Waals surface area contributed by atoms with E-state index in [0.717, 1.165) is 27.6 Å². The molecule has 0 saturated carbocycles. The van der Waals surface area contributed by atoms with Crippen LogP contribution in [0.5, 0.6) is 0 Å². The minimum absolute atomic E-state index is 0.176. The lowest BCUT2D eigenvalue weighted by Crippen LogP contribution is -2.35. The molecule has 5 rings (SSSR count). The van der Waals surface area contributed by atoms with E-state index in [1.807, 2.05) is 49.4 Å². The molecule has 36 heavy (non-hydrogen) atoms. The Labute approximate surface area is 208 Å². The number of fused-ring (bicyclic) bond motifs is 1. The maximum absolute atomic E-state index is 13.5. The molecule has 1 unspecified atom stereocenters. The van der Waals surface area contributed by atoms with Gasteiger partial charge in [-0.2, -0.15) is 0 Å². The van der Waals surface area contributed by atoms with Gasteiger partial charge in [-0.25, -0.2) is 9.07 Å². The molecule has 1 N–H and O–H groups in total. The van der Waals surface area contributed by atoms with Gasteiger partial charge in [-0.05, 0) is 64.2 Å². The largest absolute Gasteiger partial charge is 0.321 e. The van der Waals surface area contributed by atoms with Crippen LogP contribution in [0.25, 0.3) is 10.9 Å². The van der Waals surface area contributed by atoms with Crippen molar-refractivity contribution in [2.75, 3.05) is 6.54 Å². The Morgan fingerprint density at radius 1 is 1.00 bits per heavy atom. The third-order valence-corrected chi connectivity index (χ3v) is 6.46. The molecule has 0 spiro atoms. The maximum atomic E-state index is 13.5. The number of aromatic nitrogens is 5. The van der Waals surface area contributed by atoms with Crippen LogP contribution in [0.1, 0.15) is 41.0 Å². The smallest absolute Gasteiger partial charge is 0.253 e. The molecule has 0 saturated heterocycles. The van der Waals surface area contributed by atoms with E-state index in [-0.39, 0.29) is 11.4 Å². The Kier molecular flexibility index (Phi) is 6.69. The van der Waals surface area contributed by atoms with E-state index in [0.29, 0.717) is 31.0 Å². The topological polar surface area (TPSA) is 79.7 Å². The fourth-order valence-corrected chi connectivity index (χ4v) is 4.59. The van der Waals surface area contributed by atoms with Gasteiger partial charge >= 0.3 is 0 Å². The minimum atomic E-state index is -0.501. The number of hydrogen-bond acceptors (Lipinski definition) is 5. The van der Waals surface area contributed by atoms with Gasteiger partial charge in [-0.1, -0.05) is 67.6 Å².